The van der Waals surface area contributed by atoms with Crippen LogP contribution in [0, 0.1) is 26.0 Å². The van der Waals surface area contributed by atoms with Crippen LogP contribution in [0.4, 0.5) is 15.8 Å². The molecular weight excluding hydrogens is 399 g/mol. The summed E-state index contributed by atoms with van der Waals surface area (Å²) in [6, 6.07) is 5.14. The molecule has 0 spiro atoms. The molecule has 0 heterocycles. The SMILES string of the molecule is O=[N+]([O-])c1ccc(Br)c(S(=O)(=O)c2ccc(F)c([N+](=O)[O-])c2)c1. The molecule has 0 saturated heterocycles. The lowest BCUT2D eigenvalue weighted by Crippen LogP contribution is -2.05. The van der Waals surface area contributed by atoms with Gasteiger partial charge in [-0.15, -0.1) is 0 Å². The molecule has 0 amide bonds. The Balaban J connectivity index is 2.68. The molecule has 0 atom stereocenters. The highest BCUT2D eigenvalue weighted by Gasteiger charge is 2.26. The Morgan fingerprint density at radius 2 is 1.65 bits per heavy atom. The summed E-state index contributed by atoms with van der Waals surface area (Å²) in [5.74, 6) is -1.19. The molecule has 0 unspecified atom stereocenters. The van der Waals surface area contributed by atoms with Crippen LogP contribution in [-0.2, 0) is 9.84 Å². The fourth-order valence-electron chi connectivity index (χ4n) is 1.74. The lowest BCUT2D eigenvalue weighted by molar-refractivity contribution is -0.387. The third-order valence-corrected chi connectivity index (χ3v) is 5.59. The van der Waals surface area contributed by atoms with E-state index in [1.165, 1.54) is 6.07 Å². The summed E-state index contributed by atoms with van der Waals surface area (Å²) < 4.78 is 38.4. The van der Waals surface area contributed by atoms with Gasteiger partial charge in [0, 0.05) is 22.7 Å². The number of benzene rings is 2. The molecule has 0 fully saturated rings. The summed E-state index contributed by atoms with van der Waals surface area (Å²) in [4.78, 5) is 18.7. The third kappa shape index (κ3) is 3.19. The molecule has 11 heteroatoms. The van der Waals surface area contributed by atoms with Crippen LogP contribution in [0.15, 0.2) is 50.7 Å². The predicted octanol–water partition coefficient (Wildman–Crippen LogP) is 3.24. The number of hydrogen-bond acceptors (Lipinski definition) is 6. The number of nitro benzene ring substituents is 2. The van der Waals surface area contributed by atoms with Crippen molar-refractivity contribution in [1.82, 2.24) is 0 Å². The molecule has 0 bridgehead atoms. The van der Waals surface area contributed by atoms with E-state index in [-0.39, 0.29) is 4.47 Å². The van der Waals surface area contributed by atoms with Crippen molar-refractivity contribution < 1.29 is 22.7 Å². The summed E-state index contributed by atoms with van der Waals surface area (Å²) in [6.07, 6.45) is 0. The molecule has 2 aromatic rings. The maximum atomic E-state index is 13.3. The number of rotatable bonds is 4. The quantitative estimate of drug-likeness (QED) is 0.438. The van der Waals surface area contributed by atoms with Crippen molar-refractivity contribution in [3.05, 3.63) is 66.9 Å². The van der Waals surface area contributed by atoms with Crippen LogP contribution >= 0.6 is 15.9 Å². The minimum absolute atomic E-state index is 0.0371. The van der Waals surface area contributed by atoms with E-state index in [0.29, 0.717) is 12.1 Å². The number of sulfone groups is 1. The van der Waals surface area contributed by atoms with Gasteiger partial charge in [0.05, 0.1) is 19.6 Å². The van der Waals surface area contributed by atoms with Crippen LogP contribution in [0.25, 0.3) is 0 Å². The van der Waals surface area contributed by atoms with Crippen LogP contribution in [0.1, 0.15) is 0 Å². The smallest absolute Gasteiger partial charge is 0.258 e. The molecule has 0 saturated carbocycles. The third-order valence-electron chi connectivity index (χ3n) is 2.84. The summed E-state index contributed by atoms with van der Waals surface area (Å²) in [6.45, 7) is 0. The fourth-order valence-corrected chi connectivity index (χ4v) is 3.99. The van der Waals surface area contributed by atoms with Gasteiger partial charge in [-0.1, -0.05) is 0 Å². The minimum atomic E-state index is -4.32. The first-order valence-electron chi connectivity index (χ1n) is 5.77. The molecule has 2 rings (SSSR count). The van der Waals surface area contributed by atoms with Crippen LogP contribution in [0.2, 0.25) is 0 Å². The number of halogens is 2. The number of hydrogen-bond donors (Lipinski definition) is 0. The lowest BCUT2D eigenvalue weighted by atomic mass is 10.3. The van der Waals surface area contributed by atoms with Crippen molar-refractivity contribution in [1.29, 1.82) is 0 Å². The molecule has 0 aromatic heterocycles. The van der Waals surface area contributed by atoms with E-state index in [9.17, 15) is 33.0 Å². The Kier molecular flexibility index (Phi) is 4.43. The van der Waals surface area contributed by atoms with Crippen molar-refractivity contribution in [3.63, 3.8) is 0 Å². The highest BCUT2D eigenvalue weighted by Crippen LogP contribution is 2.32. The van der Waals surface area contributed by atoms with E-state index in [2.05, 4.69) is 15.9 Å². The predicted molar refractivity (Wildman–Crippen MR) is 79.3 cm³/mol. The van der Waals surface area contributed by atoms with Gasteiger partial charge in [-0.05, 0) is 34.1 Å². The molecule has 0 aliphatic rings. The molecule has 0 radical (unpaired) electrons. The van der Waals surface area contributed by atoms with Gasteiger partial charge in [0.1, 0.15) is 0 Å². The second kappa shape index (κ2) is 6.01. The average Bonchev–Trinajstić information content (AvgIpc) is 2.47. The molecular formula is C12H6BrFN2O6S. The second-order valence-electron chi connectivity index (χ2n) is 4.25. The highest BCUT2D eigenvalue weighted by atomic mass is 79.9. The highest BCUT2D eigenvalue weighted by molar-refractivity contribution is 9.10. The topological polar surface area (TPSA) is 120 Å². The Morgan fingerprint density at radius 1 is 1.00 bits per heavy atom. The van der Waals surface area contributed by atoms with Crippen molar-refractivity contribution in [2.24, 2.45) is 0 Å². The molecule has 0 aliphatic carbocycles. The minimum Gasteiger partial charge on any atom is -0.258 e. The van der Waals surface area contributed by atoms with Crippen molar-refractivity contribution in [3.8, 4) is 0 Å². The fraction of sp³-hybridized carbons (Fsp3) is 0. The van der Waals surface area contributed by atoms with Crippen molar-refractivity contribution >= 4 is 37.1 Å². The summed E-state index contributed by atoms with van der Waals surface area (Å²) in [7, 11) is -4.32. The second-order valence-corrected chi connectivity index (χ2v) is 7.02. The zero-order valence-electron chi connectivity index (χ0n) is 11.0. The number of nitrogens with zero attached hydrogens (tertiary/aromatic N) is 2. The Hall–Kier alpha value is -2.40. The zero-order valence-corrected chi connectivity index (χ0v) is 13.4. The van der Waals surface area contributed by atoms with Gasteiger partial charge in [0.2, 0.25) is 15.7 Å². The van der Waals surface area contributed by atoms with Crippen LogP contribution < -0.4 is 0 Å². The van der Waals surface area contributed by atoms with Crippen LogP contribution in [0.3, 0.4) is 0 Å². The summed E-state index contributed by atoms with van der Waals surface area (Å²) in [5.41, 5.74) is -1.48. The molecule has 8 nitrogen and oxygen atoms in total. The van der Waals surface area contributed by atoms with Gasteiger partial charge in [-0.25, -0.2) is 8.42 Å². The maximum absolute atomic E-state index is 13.3. The molecule has 23 heavy (non-hydrogen) atoms. The average molecular weight is 405 g/mol. The maximum Gasteiger partial charge on any atom is 0.306 e. The first-order chi connectivity index (χ1) is 10.6. The zero-order chi connectivity index (χ0) is 17.4. The molecule has 2 aromatic carbocycles. The first-order valence-corrected chi connectivity index (χ1v) is 8.05. The van der Waals surface area contributed by atoms with Gasteiger partial charge in [-0.2, -0.15) is 4.39 Å². The van der Waals surface area contributed by atoms with E-state index >= 15 is 0 Å². The Bertz CT molecular complexity index is 931. The van der Waals surface area contributed by atoms with E-state index in [0.717, 1.165) is 18.2 Å². The van der Waals surface area contributed by atoms with Gasteiger partial charge in [0.15, 0.2) is 0 Å². The van der Waals surface area contributed by atoms with Gasteiger partial charge in [-0.3, -0.25) is 20.2 Å². The number of nitro groups is 2. The van der Waals surface area contributed by atoms with E-state index < -0.39 is 46.7 Å². The summed E-state index contributed by atoms with van der Waals surface area (Å²) >= 11 is 2.96. The Morgan fingerprint density at radius 3 is 2.22 bits per heavy atom. The van der Waals surface area contributed by atoms with E-state index in [4.69, 9.17) is 0 Å². The normalized spacial score (nSPS) is 11.2. The Labute approximate surface area is 136 Å². The lowest BCUT2D eigenvalue weighted by Gasteiger charge is -2.07. The summed E-state index contributed by atoms with van der Waals surface area (Å²) in [5, 5.41) is 21.5. The van der Waals surface area contributed by atoms with Crippen LogP contribution in [-0.4, -0.2) is 18.3 Å². The first kappa shape index (κ1) is 17.0. The molecule has 120 valence electrons. The monoisotopic (exact) mass is 404 g/mol. The van der Waals surface area contributed by atoms with Crippen molar-refractivity contribution in [2.45, 2.75) is 9.79 Å². The van der Waals surface area contributed by atoms with Gasteiger partial charge in [0.25, 0.3) is 5.69 Å². The standard InChI is InChI=1S/C12H6BrFN2O6S/c13-9-3-1-7(15(17)18)5-12(9)23(21,22)8-2-4-10(14)11(6-8)16(19)20/h1-6H. The molecule has 0 N–H and O–H groups in total. The number of non-ortho nitro benzene ring substituents is 1. The van der Waals surface area contributed by atoms with E-state index in [1.807, 2.05) is 0 Å². The van der Waals surface area contributed by atoms with Gasteiger partial charge < -0.3 is 0 Å². The van der Waals surface area contributed by atoms with Crippen LogP contribution in [0.5, 0.6) is 0 Å². The van der Waals surface area contributed by atoms with E-state index in [1.54, 1.807) is 0 Å². The largest absolute Gasteiger partial charge is 0.306 e. The molecule has 0 aliphatic heterocycles. The van der Waals surface area contributed by atoms with Gasteiger partial charge >= 0.3 is 5.69 Å². The van der Waals surface area contributed by atoms with Crippen molar-refractivity contribution in [2.75, 3.05) is 0 Å².